The number of aliphatic hydroxyl groups excluding tert-OH is 1. The molecule has 0 spiro atoms. The van der Waals surface area contributed by atoms with Gasteiger partial charge in [0.05, 0.1) is 12.7 Å². The highest BCUT2D eigenvalue weighted by atomic mass is 19.4. The second-order valence-corrected chi connectivity index (χ2v) is 2.80. The highest BCUT2D eigenvalue weighted by molar-refractivity contribution is 5.89. The van der Waals surface area contributed by atoms with Crippen LogP contribution in [0.2, 0.25) is 0 Å². The van der Waals surface area contributed by atoms with Crippen molar-refractivity contribution in [2.45, 2.75) is 18.6 Å². The van der Waals surface area contributed by atoms with Gasteiger partial charge in [-0.3, -0.25) is 5.32 Å². The van der Waals surface area contributed by atoms with Crippen LogP contribution in [-0.4, -0.2) is 36.8 Å². The number of rotatable bonds is 1. The minimum atomic E-state index is -4.56. The van der Waals surface area contributed by atoms with Gasteiger partial charge in [0.1, 0.15) is 6.23 Å². The quantitative estimate of drug-likeness (QED) is 0.523. The number of alkyl halides is 3. The second-order valence-electron chi connectivity index (χ2n) is 2.80. The molecule has 1 aliphatic heterocycles. The molecule has 1 rings (SSSR count). The Balaban J connectivity index is 2.76. The summed E-state index contributed by atoms with van der Waals surface area (Å²) in [4.78, 5) is 10.9. The van der Waals surface area contributed by atoms with E-state index >= 15 is 0 Å². The van der Waals surface area contributed by atoms with Gasteiger partial charge in [-0.25, -0.2) is 4.79 Å². The molecule has 5 nitrogen and oxygen atoms in total. The maximum Gasteiger partial charge on any atom is 0.422 e. The first kappa shape index (κ1) is 11.8. The first-order valence-corrected chi connectivity index (χ1v) is 3.91. The average Bonchev–Trinajstić information content (AvgIpc) is 2.15. The molecule has 8 heteroatoms. The number of carbonyl (C=O) groups is 1. The molecule has 0 aromatic rings. The Labute approximate surface area is 82.9 Å². The zero-order valence-corrected chi connectivity index (χ0v) is 7.63. The second kappa shape index (κ2) is 4.07. The number of hydrogen-bond donors (Lipinski definition) is 3. The molecule has 0 fully saturated rings. The standard InChI is InChI=1S/C7H9F3N2O3/c1-15-5(14)3-2-11-6(7(8,9)10)12-4(3)13/h2,4,6,11-13H,1H3/t4-,6+/m0/s1. The molecule has 3 N–H and O–H groups in total. The number of nitrogens with one attached hydrogen (secondary N) is 2. The first-order valence-electron chi connectivity index (χ1n) is 3.91. The van der Waals surface area contributed by atoms with Crippen molar-refractivity contribution in [3.05, 3.63) is 11.8 Å². The van der Waals surface area contributed by atoms with E-state index in [0.29, 0.717) is 0 Å². The first-order chi connectivity index (χ1) is 6.86. The van der Waals surface area contributed by atoms with Gasteiger partial charge in [0.15, 0.2) is 6.17 Å². The van der Waals surface area contributed by atoms with Crippen LogP contribution < -0.4 is 10.6 Å². The third-order valence-corrected chi connectivity index (χ3v) is 1.77. The third-order valence-electron chi connectivity index (χ3n) is 1.77. The van der Waals surface area contributed by atoms with Crippen molar-refractivity contribution in [2.24, 2.45) is 0 Å². The van der Waals surface area contributed by atoms with Gasteiger partial charge in [0.25, 0.3) is 0 Å². The summed E-state index contributed by atoms with van der Waals surface area (Å²) in [6.45, 7) is 0. The fourth-order valence-electron chi connectivity index (χ4n) is 1.03. The number of methoxy groups -OCH3 is 1. The van der Waals surface area contributed by atoms with Gasteiger partial charge >= 0.3 is 12.1 Å². The monoisotopic (exact) mass is 226 g/mol. The van der Waals surface area contributed by atoms with E-state index in [1.165, 1.54) is 0 Å². The summed E-state index contributed by atoms with van der Waals surface area (Å²) in [7, 11) is 1.06. The van der Waals surface area contributed by atoms with Crippen LogP contribution in [0.15, 0.2) is 11.8 Å². The number of aliphatic hydroxyl groups is 1. The number of carbonyl (C=O) groups excluding carboxylic acids is 1. The minimum absolute atomic E-state index is 0.307. The summed E-state index contributed by atoms with van der Waals surface area (Å²) in [6.07, 6.45) is -7.56. The summed E-state index contributed by atoms with van der Waals surface area (Å²) in [6, 6.07) is 0. The van der Waals surface area contributed by atoms with E-state index in [2.05, 4.69) is 4.74 Å². The summed E-state index contributed by atoms with van der Waals surface area (Å²) in [5.41, 5.74) is -0.307. The van der Waals surface area contributed by atoms with E-state index in [0.717, 1.165) is 13.3 Å². The molecule has 0 aromatic heterocycles. The summed E-state index contributed by atoms with van der Waals surface area (Å²) >= 11 is 0. The number of hydrogen-bond acceptors (Lipinski definition) is 5. The van der Waals surface area contributed by atoms with Crippen LogP contribution in [0.1, 0.15) is 0 Å². The predicted molar refractivity (Wildman–Crippen MR) is 42.2 cm³/mol. The van der Waals surface area contributed by atoms with Gasteiger partial charge in [-0.15, -0.1) is 0 Å². The summed E-state index contributed by atoms with van der Waals surface area (Å²) in [5, 5.41) is 12.9. The van der Waals surface area contributed by atoms with Gasteiger partial charge in [-0.2, -0.15) is 13.2 Å². The van der Waals surface area contributed by atoms with Crippen LogP contribution >= 0.6 is 0 Å². The lowest BCUT2D eigenvalue weighted by Gasteiger charge is -2.29. The Morgan fingerprint density at radius 1 is 1.60 bits per heavy atom. The Morgan fingerprint density at radius 3 is 2.60 bits per heavy atom. The van der Waals surface area contributed by atoms with Gasteiger partial charge in [-0.1, -0.05) is 0 Å². The fourth-order valence-corrected chi connectivity index (χ4v) is 1.03. The van der Waals surface area contributed by atoms with Crippen molar-refractivity contribution in [3.63, 3.8) is 0 Å². The van der Waals surface area contributed by atoms with E-state index in [4.69, 9.17) is 0 Å². The zero-order valence-electron chi connectivity index (χ0n) is 7.63. The normalized spacial score (nSPS) is 26.6. The van der Waals surface area contributed by atoms with Crippen molar-refractivity contribution in [2.75, 3.05) is 7.11 Å². The summed E-state index contributed by atoms with van der Waals surface area (Å²) < 4.78 is 40.7. The largest absolute Gasteiger partial charge is 0.466 e. The fraction of sp³-hybridized carbons (Fsp3) is 0.571. The lowest BCUT2D eigenvalue weighted by Crippen LogP contribution is -2.58. The predicted octanol–water partition coefficient (Wildman–Crippen LogP) is -0.557. The minimum Gasteiger partial charge on any atom is -0.466 e. The number of esters is 1. The van der Waals surface area contributed by atoms with Crippen LogP contribution in [0.4, 0.5) is 13.2 Å². The topological polar surface area (TPSA) is 70.6 Å². The molecule has 0 unspecified atom stereocenters. The molecule has 2 atom stereocenters. The van der Waals surface area contributed by atoms with E-state index in [9.17, 15) is 23.1 Å². The number of ether oxygens (including phenoxy) is 1. The van der Waals surface area contributed by atoms with Crippen molar-refractivity contribution in [3.8, 4) is 0 Å². The molecule has 0 aliphatic carbocycles. The maximum absolute atomic E-state index is 12.1. The van der Waals surface area contributed by atoms with Crippen LogP contribution in [0.25, 0.3) is 0 Å². The van der Waals surface area contributed by atoms with Gasteiger partial charge < -0.3 is 15.2 Å². The highest BCUT2D eigenvalue weighted by Crippen LogP contribution is 2.21. The van der Waals surface area contributed by atoms with Crippen LogP contribution in [0, 0.1) is 0 Å². The van der Waals surface area contributed by atoms with Crippen LogP contribution in [0.5, 0.6) is 0 Å². The molecule has 86 valence electrons. The van der Waals surface area contributed by atoms with Crippen molar-refractivity contribution in [1.82, 2.24) is 10.6 Å². The van der Waals surface area contributed by atoms with E-state index in [1.54, 1.807) is 5.32 Å². The van der Waals surface area contributed by atoms with E-state index in [1.807, 2.05) is 5.32 Å². The lowest BCUT2D eigenvalue weighted by molar-refractivity contribution is -0.170. The molecule has 0 saturated carbocycles. The molecule has 0 bridgehead atoms. The van der Waals surface area contributed by atoms with Crippen molar-refractivity contribution in [1.29, 1.82) is 0 Å². The van der Waals surface area contributed by atoms with Gasteiger partial charge in [0, 0.05) is 6.20 Å². The maximum atomic E-state index is 12.1. The summed E-state index contributed by atoms with van der Waals surface area (Å²) in [5.74, 6) is -0.900. The molecular weight excluding hydrogens is 217 g/mol. The molecule has 0 amide bonds. The molecule has 0 radical (unpaired) electrons. The van der Waals surface area contributed by atoms with Crippen LogP contribution in [0.3, 0.4) is 0 Å². The van der Waals surface area contributed by atoms with Crippen molar-refractivity contribution >= 4 is 5.97 Å². The van der Waals surface area contributed by atoms with Crippen LogP contribution in [-0.2, 0) is 9.53 Å². The third kappa shape index (κ3) is 2.60. The van der Waals surface area contributed by atoms with E-state index < -0.39 is 24.5 Å². The SMILES string of the molecule is COC(=O)C1=CN[C@@H](C(F)(F)F)N[C@H]1O. The lowest BCUT2D eigenvalue weighted by atomic mass is 10.2. The Kier molecular flexibility index (Phi) is 3.20. The Bertz CT molecular complexity index is 290. The van der Waals surface area contributed by atoms with Crippen molar-refractivity contribution < 1.29 is 27.8 Å². The molecule has 1 aliphatic rings. The molecule has 1 heterocycles. The Morgan fingerprint density at radius 2 is 2.20 bits per heavy atom. The number of halogens is 3. The van der Waals surface area contributed by atoms with Gasteiger partial charge in [0.2, 0.25) is 0 Å². The molecular formula is C7H9F3N2O3. The smallest absolute Gasteiger partial charge is 0.422 e. The molecule has 0 aromatic carbocycles. The van der Waals surface area contributed by atoms with E-state index in [-0.39, 0.29) is 5.57 Å². The molecule has 0 saturated heterocycles. The molecule has 15 heavy (non-hydrogen) atoms. The average molecular weight is 226 g/mol. The van der Waals surface area contributed by atoms with Gasteiger partial charge in [-0.05, 0) is 0 Å². The Hall–Kier alpha value is -1.28. The zero-order chi connectivity index (χ0) is 11.6. The highest BCUT2D eigenvalue weighted by Gasteiger charge is 2.43.